The molecule has 2 rings (SSSR count). The van der Waals surface area contributed by atoms with Crippen molar-refractivity contribution in [1.29, 1.82) is 0 Å². The zero-order chi connectivity index (χ0) is 14.5. The van der Waals surface area contributed by atoms with E-state index >= 15 is 0 Å². The van der Waals surface area contributed by atoms with E-state index in [9.17, 15) is 9.90 Å². The van der Waals surface area contributed by atoms with Gasteiger partial charge in [-0.3, -0.25) is 0 Å². The zero-order valence-electron chi connectivity index (χ0n) is 11.3. The second-order valence-corrected chi connectivity index (χ2v) is 5.40. The fourth-order valence-corrected chi connectivity index (χ4v) is 2.34. The second kappa shape index (κ2) is 6.92. The van der Waals surface area contributed by atoms with E-state index in [0.717, 1.165) is 12.0 Å². The van der Waals surface area contributed by atoms with Crippen molar-refractivity contribution in [2.75, 3.05) is 20.3 Å². The fourth-order valence-electron chi connectivity index (χ4n) is 2.14. The third kappa shape index (κ3) is 4.37. The normalized spacial score (nSPS) is 22.1. The standard InChI is InChI=1S/C14H19ClN2O3/c1-20-8-11(18)7-16-14(19)17-13-6-12(13)9-3-2-4-10(15)5-9/h2-5,11-13,18H,6-8H2,1H3,(H2,16,17,19). The van der Waals surface area contributed by atoms with Crippen LogP contribution in [0.4, 0.5) is 4.79 Å². The van der Waals surface area contributed by atoms with Crippen LogP contribution in [0.2, 0.25) is 5.02 Å². The summed E-state index contributed by atoms with van der Waals surface area (Å²) in [6.45, 7) is 0.378. The Balaban J connectivity index is 1.72. The summed E-state index contributed by atoms with van der Waals surface area (Å²) in [5.41, 5.74) is 1.14. The lowest BCUT2D eigenvalue weighted by Crippen LogP contribution is -2.42. The van der Waals surface area contributed by atoms with Gasteiger partial charge in [0.15, 0.2) is 0 Å². The first-order chi connectivity index (χ1) is 9.60. The topological polar surface area (TPSA) is 70.6 Å². The van der Waals surface area contributed by atoms with E-state index in [1.807, 2.05) is 24.3 Å². The van der Waals surface area contributed by atoms with Crippen LogP contribution in [0.15, 0.2) is 24.3 Å². The Labute approximate surface area is 123 Å². The summed E-state index contributed by atoms with van der Waals surface area (Å²) in [6, 6.07) is 7.54. The number of hydrogen-bond donors (Lipinski definition) is 3. The van der Waals surface area contributed by atoms with Gasteiger partial charge in [0.25, 0.3) is 0 Å². The van der Waals surface area contributed by atoms with Crippen molar-refractivity contribution in [3.8, 4) is 0 Å². The van der Waals surface area contributed by atoms with Gasteiger partial charge in [-0.25, -0.2) is 4.79 Å². The van der Waals surface area contributed by atoms with E-state index in [1.54, 1.807) is 0 Å². The van der Waals surface area contributed by atoms with Crippen LogP contribution in [-0.2, 0) is 4.74 Å². The van der Waals surface area contributed by atoms with Gasteiger partial charge in [-0.1, -0.05) is 23.7 Å². The van der Waals surface area contributed by atoms with Crippen LogP contribution in [0.1, 0.15) is 17.9 Å². The maximum atomic E-state index is 11.6. The van der Waals surface area contributed by atoms with Gasteiger partial charge in [-0.2, -0.15) is 0 Å². The molecular weight excluding hydrogens is 280 g/mol. The number of aliphatic hydroxyl groups is 1. The monoisotopic (exact) mass is 298 g/mol. The molecule has 5 nitrogen and oxygen atoms in total. The molecule has 1 aliphatic carbocycles. The van der Waals surface area contributed by atoms with Crippen LogP contribution in [0.5, 0.6) is 0 Å². The summed E-state index contributed by atoms with van der Waals surface area (Å²) in [6.07, 6.45) is 0.225. The van der Waals surface area contributed by atoms with Gasteiger partial charge < -0.3 is 20.5 Å². The largest absolute Gasteiger partial charge is 0.389 e. The quantitative estimate of drug-likeness (QED) is 0.745. The first-order valence-electron chi connectivity index (χ1n) is 6.57. The average molecular weight is 299 g/mol. The summed E-state index contributed by atoms with van der Waals surface area (Å²) in [7, 11) is 1.50. The highest BCUT2D eigenvalue weighted by atomic mass is 35.5. The number of benzene rings is 1. The van der Waals surface area contributed by atoms with Crippen LogP contribution in [0, 0.1) is 0 Å². The highest BCUT2D eigenvalue weighted by Gasteiger charge is 2.39. The molecule has 1 aliphatic rings. The van der Waals surface area contributed by atoms with Crippen LogP contribution in [-0.4, -0.2) is 43.5 Å². The van der Waals surface area contributed by atoms with E-state index in [4.69, 9.17) is 16.3 Å². The summed E-state index contributed by atoms with van der Waals surface area (Å²) >= 11 is 5.95. The van der Waals surface area contributed by atoms with Crippen molar-refractivity contribution in [1.82, 2.24) is 10.6 Å². The maximum Gasteiger partial charge on any atom is 0.315 e. The molecule has 110 valence electrons. The van der Waals surface area contributed by atoms with Gasteiger partial charge in [0.1, 0.15) is 0 Å². The number of halogens is 1. The number of carbonyl (C=O) groups excluding carboxylic acids is 1. The average Bonchev–Trinajstić information content (AvgIpc) is 3.16. The molecule has 3 atom stereocenters. The molecule has 1 fully saturated rings. The van der Waals surface area contributed by atoms with Crippen molar-refractivity contribution < 1.29 is 14.6 Å². The van der Waals surface area contributed by atoms with Gasteiger partial charge in [0.2, 0.25) is 0 Å². The molecule has 3 N–H and O–H groups in total. The molecule has 0 spiro atoms. The number of urea groups is 1. The number of rotatable bonds is 6. The molecule has 0 aromatic heterocycles. The van der Waals surface area contributed by atoms with Crippen molar-refractivity contribution in [3.63, 3.8) is 0 Å². The molecule has 0 saturated heterocycles. The third-order valence-electron chi connectivity index (χ3n) is 3.24. The molecule has 6 heteroatoms. The minimum atomic E-state index is -0.686. The Hall–Kier alpha value is -1.30. The first-order valence-corrected chi connectivity index (χ1v) is 6.94. The van der Waals surface area contributed by atoms with Gasteiger partial charge in [-0.15, -0.1) is 0 Å². The van der Waals surface area contributed by atoms with Crippen LogP contribution >= 0.6 is 11.6 Å². The van der Waals surface area contributed by atoms with Gasteiger partial charge >= 0.3 is 6.03 Å². The molecule has 0 aliphatic heterocycles. The van der Waals surface area contributed by atoms with Crippen molar-refractivity contribution in [2.24, 2.45) is 0 Å². The minimum absolute atomic E-state index is 0.132. The van der Waals surface area contributed by atoms with E-state index in [0.29, 0.717) is 10.9 Å². The van der Waals surface area contributed by atoms with Crippen LogP contribution in [0.25, 0.3) is 0 Å². The molecule has 20 heavy (non-hydrogen) atoms. The molecule has 1 saturated carbocycles. The Morgan fingerprint density at radius 1 is 1.60 bits per heavy atom. The number of nitrogens with one attached hydrogen (secondary N) is 2. The maximum absolute atomic E-state index is 11.6. The van der Waals surface area contributed by atoms with E-state index in [-0.39, 0.29) is 25.2 Å². The second-order valence-electron chi connectivity index (χ2n) is 4.97. The van der Waals surface area contributed by atoms with Gasteiger partial charge in [0, 0.05) is 30.6 Å². The smallest absolute Gasteiger partial charge is 0.315 e. The lowest BCUT2D eigenvalue weighted by atomic mass is 10.1. The summed E-state index contributed by atoms with van der Waals surface area (Å²) in [5, 5.41) is 15.6. The predicted octanol–water partition coefficient (Wildman–Crippen LogP) is 1.50. The zero-order valence-corrected chi connectivity index (χ0v) is 12.1. The molecule has 2 amide bonds. The highest BCUT2D eigenvalue weighted by molar-refractivity contribution is 6.30. The lowest BCUT2D eigenvalue weighted by Gasteiger charge is -2.11. The number of aliphatic hydroxyl groups excluding tert-OH is 1. The van der Waals surface area contributed by atoms with Gasteiger partial charge in [0.05, 0.1) is 12.7 Å². The van der Waals surface area contributed by atoms with Crippen molar-refractivity contribution in [3.05, 3.63) is 34.9 Å². The molecule has 1 aromatic carbocycles. The molecule has 3 unspecified atom stereocenters. The number of methoxy groups -OCH3 is 1. The molecule has 0 radical (unpaired) electrons. The van der Waals surface area contributed by atoms with Crippen LogP contribution < -0.4 is 10.6 Å². The van der Waals surface area contributed by atoms with Crippen LogP contribution in [0.3, 0.4) is 0 Å². The number of amides is 2. The first kappa shape index (κ1) is 15.1. The summed E-state index contributed by atoms with van der Waals surface area (Å²) in [4.78, 5) is 11.6. The molecular formula is C14H19ClN2O3. The van der Waals surface area contributed by atoms with E-state index in [1.165, 1.54) is 7.11 Å². The molecule has 1 aromatic rings. The van der Waals surface area contributed by atoms with Crippen molar-refractivity contribution >= 4 is 17.6 Å². The number of ether oxygens (including phenoxy) is 1. The summed E-state index contributed by atoms with van der Waals surface area (Å²) in [5.74, 6) is 0.323. The Bertz CT molecular complexity index is 469. The molecule has 0 bridgehead atoms. The van der Waals surface area contributed by atoms with Gasteiger partial charge in [-0.05, 0) is 24.1 Å². The fraction of sp³-hybridized carbons (Fsp3) is 0.500. The third-order valence-corrected chi connectivity index (χ3v) is 3.48. The SMILES string of the molecule is COCC(O)CNC(=O)NC1CC1c1cccc(Cl)c1. The van der Waals surface area contributed by atoms with E-state index < -0.39 is 6.10 Å². The van der Waals surface area contributed by atoms with E-state index in [2.05, 4.69) is 10.6 Å². The Morgan fingerprint density at radius 3 is 3.10 bits per heavy atom. The predicted molar refractivity (Wildman–Crippen MR) is 77.0 cm³/mol. The Morgan fingerprint density at radius 2 is 2.40 bits per heavy atom. The minimum Gasteiger partial charge on any atom is -0.389 e. The summed E-state index contributed by atoms with van der Waals surface area (Å²) < 4.78 is 4.78. The lowest BCUT2D eigenvalue weighted by molar-refractivity contribution is 0.0659. The molecule has 0 heterocycles. The highest BCUT2D eigenvalue weighted by Crippen LogP contribution is 2.41. The van der Waals surface area contributed by atoms with Crippen molar-refractivity contribution in [2.45, 2.75) is 24.5 Å². The number of hydrogen-bond acceptors (Lipinski definition) is 3. The Kier molecular flexibility index (Phi) is 5.23. The number of carbonyl (C=O) groups is 1.